The second kappa shape index (κ2) is 9.74. The first kappa shape index (κ1) is 24.2. The Morgan fingerprint density at radius 3 is 2.26 bits per heavy atom. The topological polar surface area (TPSA) is 75.4 Å². The summed E-state index contributed by atoms with van der Waals surface area (Å²) in [5.41, 5.74) is 4.55. The Labute approximate surface area is 205 Å². The molecule has 0 aliphatic heterocycles. The summed E-state index contributed by atoms with van der Waals surface area (Å²) in [6, 6.07) is 9.84. The molecule has 0 radical (unpaired) electrons. The van der Waals surface area contributed by atoms with Crippen LogP contribution in [-0.4, -0.2) is 32.8 Å². The van der Waals surface area contributed by atoms with Crippen molar-refractivity contribution >= 4 is 28.9 Å². The SMILES string of the molecule is Cc1nn(C)cc1-c1ccc(-c2cc(N(C(=O)C3CCC(C)CC3)C(C)C)c(C(=O)O)s2)cc1. The molecule has 1 fully saturated rings. The van der Waals surface area contributed by atoms with Crippen molar-refractivity contribution in [1.29, 1.82) is 0 Å². The average Bonchev–Trinajstić information content (AvgIpc) is 3.37. The molecule has 0 atom stereocenters. The number of carboxylic acid groups (broad SMARTS) is 1. The third-order valence-corrected chi connectivity index (χ3v) is 7.94. The van der Waals surface area contributed by atoms with Gasteiger partial charge in [-0.1, -0.05) is 31.2 Å². The van der Waals surface area contributed by atoms with E-state index in [4.69, 9.17) is 0 Å². The zero-order chi connectivity index (χ0) is 24.6. The number of aromatic carboxylic acids is 1. The lowest BCUT2D eigenvalue weighted by Gasteiger charge is -2.33. The molecule has 1 aliphatic rings. The fourth-order valence-corrected chi connectivity index (χ4v) is 5.90. The van der Waals surface area contributed by atoms with Gasteiger partial charge in [-0.2, -0.15) is 5.10 Å². The second-order valence-corrected chi connectivity index (χ2v) is 10.8. The van der Waals surface area contributed by atoms with Crippen molar-refractivity contribution in [2.75, 3.05) is 4.90 Å². The zero-order valence-corrected chi connectivity index (χ0v) is 21.4. The summed E-state index contributed by atoms with van der Waals surface area (Å²) in [5, 5.41) is 14.4. The van der Waals surface area contributed by atoms with E-state index < -0.39 is 5.97 Å². The molecule has 1 aliphatic carbocycles. The van der Waals surface area contributed by atoms with Crippen LogP contribution in [0.25, 0.3) is 21.6 Å². The molecule has 0 saturated heterocycles. The van der Waals surface area contributed by atoms with Gasteiger partial charge in [0, 0.05) is 35.6 Å². The molecule has 2 aromatic heterocycles. The molecule has 1 saturated carbocycles. The number of aromatic nitrogens is 2. The van der Waals surface area contributed by atoms with E-state index in [2.05, 4.69) is 12.0 Å². The number of benzene rings is 1. The highest BCUT2D eigenvalue weighted by atomic mass is 32.1. The van der Waals surface area contributed by atoms with Gasteiger partial charge in [-0.15, -0.1) is 11.3 Å². The lowest BCUT2D eigenvalue weighted by atomic mass is 9.82. The van der Waals surface area contributed by atoms with Crippen molar-refractivity contribution in [3.8, 4) is 21.6 Å². The number of anilines is 1. The maximum atomic E-state index is 13.5. The predicted octanol–water partition coefficient (Wildman–Crippen LogP) is 6.39. The van der Waals surface area contributed by atoms with Crippen molar-refractivity contribution in [2.45, 2.75) is 59.4 Å². The first-order valence-electron chi connectivity index (χ1n) is 12.0. The van der Waals surface area contributed by atoms with Gasteiger partial charge in [-0.25, -0.2) is 4.79 Å². The van der Waals surface area contributed by atoms with Crippen LogP contribution in [0, 0.1) is 18.8 Å². The minimum Gasteiger partial charge on any atom is -0.477 e. The van der Waals surface area contributed by atoms with Gasteiger partial charge in [0.25, 0.3) is 0 Å². The Balaban J connectivity index is 1.67. The summed E-state index contributed by atoms with van der Waals surface area (Å²) in [7, 11) is 1.90. The first-order valence-corrected chi connectivity index (χ1v) is 12.8. The van der Waals surface area contributed by atoms with Gasteiger partial charge in [0.15, 0.2) is 0 Å². The molecular weight excluding hydrogens is 446 g/mol. The van der Waals surface area contributed by atoms with Crippen LogP contribution in [0.3, 0.4) is 0 Å². The standard InChI is InChI=1S/C27H33N3O3S/c1-16(2)30(26(31)21-8-6-17(3)7-9-21)23-14-24(34-25(23)27(32)33)20-12-10-19(11-13-20)22-15-29(5)28-18(22)4/h10-17,21H,6-9H2,1-5H3,(H,32,33). The summed E-state index contributed by atoms with van der Waals surface area (Å²) in [4.78, 5) is 28.5. The maximum Gasteiger partial charge on any atom is 0.348 e. The van der Waals surface area contributed by atoms with E-state index in [1.54, 1.807) is 9.58 Å². The van der Waals surface area contributed by atoms with Crippen LogP contribution >= 0.6 is 11.3 Å². The fraction of sp³-hybridized carbons (Fsp3) is 0.444. The number of nitrogens with zero attached hydrogens (tertiary/aromatic N) is 3. The molecule has 2 heterocycles. The van der Waals surface area contributed by atoms with Gasteiger partial charge in [0.1, 0.15) is 4.88 Å². The number of carbonyl (C=O) groups excluding carboxylic acids is 1. The summed E-state index contributed by atoms with van der Waals surface area (Å²) in [6.07, 6.45) is 5.83. The normalized spacial score (nSPS) is 18.3. The van der Waals surface area contributed by atoms with E-state index in [-0.39, 0.29) is 22.7 Å². The van der Waals surface area contributed by atoms with E-state index in [0.29, 0.717) is 11.6 Å². The lowest BCUT2D eigenvalue weighted by molar-refractivity contribution is -0.123. The van der Waals surface area contributed by atoms with Crippen LogP contribution in [0.1, 0.15) is 61.8 Å². The highest BCUT2D eigenvalue weighted by molar-refractivity contribution is 7.18. The molecule has 34 heavy (non-hydrogen) atoms. The lowest BCUT2D eigenvalue weighted by Crippen LogP contribution is -2.42. The quantitative estimate of drug-likeness (QED) is 0.444. The number of carbonyl (C=O) groups is 2. The summed E-state index contributed by atoms with van der Waals surface area (Å²) in [5.74, 6) is -0.330. The van der Waals surface area contributed by atoms with E-state index in [9.17, 15) is 14.7 Å². The monoisotopic (exact) mass is 479 g/mol. The highest BCUT2D eigenvalue weighted by Gasteiger charge is 2.33. The number of hydrogen-bond donors (Lipinski definition) is 1. The van der Waals surface area contributed by atoms with Crippen LogP contribution in [0.15, 0.2) is 36.5 Å². The fourth-order valence-electron chi connectivity index (χ4n) is 4.91. The highest BCUT2D eigenvalue weighted by Crippen LogP contribution is 2.40. The van der Waals surface area contributed by atoms with E-state index in [1.165, 1.54) is 11.3 Å². The van der Waals surface area contributed by atoms with Crippen molar-refractivity contribution in [3.05, 3.63) is 47.1 Å². The van der Waals surface area contributed by atoms with Crippen LogP contribution in [0.2, 0.25) is 0 Å². The summed E-state index contributed by atoms with van der Waals surface area (Å²) < 4.78 is 1.80. The Morgan fingerprint density at radius 2 is 1.74 bits per heavy atom. The van der Waals surface area contributed by atoms with Crippen molar-refractivity contribution in [1.82, 2.24) is 9.78 Å². The molecule has 1 amide bonds. The number of carboxylic acids is 1. The Kier molecular flexibility index (Phi) is 6.94. The second-order valence-electron chi connectivity index (χ2n) is 9.77. The third kappa shape index (κ3) is 4.80. The number of aryl methyl sites for hydroxylation is 2. The third-order valence-electron chi connectivity index (χ3n) is 6.78. The smallest absolute Gasteiger partial charge is 0.348 e. The minimum absolute atomic E-state index is 0.0365. The van der Waals surface area contributed by atoms with E-state index in [1.807, 2.05) is 64.3 Å². The van der Waals surface area contributed by atoms with Gasteiger partial charge < -0.3 is 10.0 Å². The molecule has 1 aromatic carbocycles. The zero-order valence-electron chi connectivity index (χ0n) is 20.5. The molecule has 7 heteroatoms. The van der Waals surface area contributed by atoms with Crippen LogP contribution in [0.4, 0.5) is 5.69 Å². The molecule has 3 aromatic rings. The van der Waals surface area contributed by atoms with E-state index >= 15 is 0 Å². The number of amides is 1. The van der Waals surface area contributed by atoms with Crippen LogP contribution < -0.4 is 4.90 Å². The van der Waals surface area contributed by atoms with Crippen molar-refractivity contribution in [3.63, 3.8) is 0 Å². The van der Waals surface area contributed by atoms with Gasteiger partial charge in [-0.3, -0.25) is 9.48 Å². The van der Waals surface area contributed by atoms with Gasteiger partial charge >= 0.3 is 5.97 Å². The van der Waals surface area contributed by atoms with E-state index in [0.717, 1.165) is 52.9 Å². The molecule has 180 valence electrons. The maximum absolute atomic E-state index is 13.5. The first-order chi connectivity index (χ1) is 16.2. The molecule has 6 nitrogen and oxygen atoms in total. The average molecular weight is 480 g/mol. The molecular formula is C27H33N3O3S. The number of thiophene rings is 1. The Hall–Kier alpha value is -2.93. The van der Waals surface area contributed by atoms with Gasteiger partial charge in [0.05, 0.1) is 11.4 Å². The summed E-state index contributed by atoms with van der Waals surface area (Å²) in [6.45, 7) is 8.13. The Bertz CT molecular complexity index is 1180. The van der Waals surface area contributed by atoms with Crippen molar-refractivity contribution in [2.24, 2.45) is 18.9 Å². The van der Waals surface area contributed by atoms with Gasteiger partial charge in [0.2, 0.25) is 5.91 Å². The minimum atomic E-state index is -0.996. The molecule has 4 rings (SSSR count). The number of hydrogen-bond acceptors (Lipinski definition) is 4. The summed E-state index contributed by atoms with van der Waals surface area (Å²) >= 11 is 1.23. The van der Waals surface area contributed by atoms with Crippen LogP contribution in [0.5, 0.6) is 0 Å². The largest absolute Gasteiger partial charge is 0.477 e. The Morgan fingerprint density at radius 1 is 1.12 bits per heavy atom. The molecule has 0 spiro atoms. The van der Waals surface area contributed by atoms with Gasteiger partial charge in [-0.05, 0) is 69.6 Å². The van der Waals surface area contributed by atoms with Crippen molar-refractivity contribution < 1.29 is 14.7 Å². The molecule has 0 unspecified atom stereocenters. The number of rotatable bonds is 6. The van der Waals surface area contributed by atoms with Crippen LogP contribution in [-0.2, 0) is 11.8 Å². The molecule has 0 bridgehead atoms. The molecule has 1 N–H and O–H groups in total. The predicted molar refractivity (Wildman–Crippen MR) is 137 cm³/mol.